The number of hydrogen-bond acceptors (Lipinski definition) is 2. The molecule has 1 aliphatic carbocycles. The minimum atomic E-state index is -0.470. The number of aliphatic hydroxyl groups is 1. The molecule has 0 aliphatic heterocycles. The minimum absolute atomic E-state index is 0.470. The van der Waals surface area contributed by atoms with Gasteiger partial charge in [-0.2, -0.15) is 0 Å². The van der Waals surface area contributed by atoms with Crippen molar-refractivity contribution in [2.75, 3.05) is 7.11 Å². The number of methoxy groups -OCH3 is 1. The van der Waals surface area contributed by atoms with Crippen LogP contribution in [0.4, 0.5) is 0 Å². The van der Waals surface area contributed by atoms with Crippen molar-refractivity contribution in [1.29, 1.82) is 0 Å². The highest BCUT2D eigenvalue weighted by molar-refractivity contribution is 9.10. The zero-order chi connectivity index (χ0) is 11.1. The van der Waals surface area contributed by atoms with Gasteiger partial charge in [0.2, 0.25) is 0 Å². The average molecular weight is 271 g/mol. The fourth-order valence-corrected chi connectivity index (χ4v) is 2.28. The molecule has 82 valence electrons. The molecule has 1 fully saturated rings. The van der Waals surface area contributed by atoms with E-state index in [4.69, 9.17) is 4.74 Å². The Morgan fingerprint density at radius 3 is 2.67 bits per heavy atom. The normalized spacial score (nSPS) is 17.6. The summed E-state index contributed by atoms with van der Waals surface area (Å²) in [6.45, 7) is 2.03. The van der Waals surface area contributed by atoms with Crippen molar-refractivity contribution in [2.24, 2.45) is 0 Å². The Morgan fingerprint density at radius 1 is 1.47 bits per heavy atom. The van der Waals surface area contributed by atoms with E-state index in [1.807, 2.05) is 19.1 Å². The molecule has 2 nitrogen and oxygen atoms in total. The molecule has 0 radical (unpaired) electrons. The fourth-order valence-electron chi connectivity index (χ4n) is 1.73. The van der Waals surface area contributed by atoms with Crippen molar-refractivity contribution in [3.05, 3.63) is 27.7 Å². The fraction of sp³-hybridized carbons (Fsp3) is 0.500. The van der Waals surface area contributed by atoms with Gasteiger partial charge in [-0.1, -0.05) is 12.1 Å². The number of ether oxygens (including phenoxy) is 1. The Bertz CT molecular complexity index is 383. The van der Waals surface area contributed by atoms with E-state index in [-0.39, 0.29) is 0 Å². The van der Waals surface area contributed by atoms with Crippen molar-refractivity contribution < 1.29 is 9.84 Å². The van der Waals surface area contributed by atoms with Gasteiger partial charge < -0.3 is 9.84 Å². The number of aryl methyl sites for hydroxylation is 1. The summed E-state index contributed by atoms with van der Waals surface area (Å²) >= 11 is 3.51. The molecule has 3 heteroatoms. The van der Waals surface area contributed by atoms with Gasteiger partial charge in [0.15, 0.2) is 0 Å². The van der Waals surface area contributed by atoms with Gasteiger partial charge in [-0.25, -0.2) is 0 Å². The number of benzene rings is 1. The van der Waals surface area contributed by atoms with Gasteiger partial charge in [0, 0.05) is 6.42 Å². The van der Waals surface area contributed by atoms with Gasteiger partial charge >= 0.3 is 0 Å². The largest absolute Gasteiger partial charge is 0.495 e. The topological polar surface area (TPSA) is 29.5 Å². The van der Waals surface area contributed by atoms with Crippen molar-refractivity contribution in [2.45, 2.75) is 31.8 Å². The van der Waals surface area contributed by atoms with Crippen LogP contribution in [0.5, 0.6) is 5.75 Å². The summed E-state index contributed by atoms with van der Waals surface area (Å²) in [6, 6.07) is 4.09. The third kappa shape index (κ3) is 2.18. The molecule has 1 aromatic rings. The molecule has 0 bridgehead atoms. The third-order valence-electron chi connectivity index (χ3n) is 2.92. The van der Waals surface area contributed by atoms with Crippen molar-refractivity contribution in [3.8, 4) is 5.75 Å². The first kappa shape index (κ1) is 11.0. The number of halogens is 1. The van der Waals surface area contributed by atoms with Crippen molar-refractivity contribution >= 4 is 15.9 Å². The summed E-state index contributed by atoms with van der Waals surface area (Å²) < 4.78 is 6.36. The molecule has 1 N–H and O–H groups in total. The molecule has 0 spiro atoms. The predicted molar refractivity (Wildman–Crippen MR) is 63.3 cm³/mol. The molecular weight excluding hydrogens is 256 g/mol. The summed E-state index contributed by atoms with van der Waals surface area (Å²) in [7, 11) is 1.67. The molecule has 0 aromatic heterocycles. The summed E-state index contributed by atoms with van der Waals surface area (Å²) in [5.41, 5.74) is 1.76. The molecule has 0 heterocycles. The summed E-state index contributed by atoms with van der Waals surface area (Å²) in [6.07, 6.45) is 2.50. The smallest absolute Gasteiger partial charge is 0.136 e. The first-order chi connectivity index (χ1) is 7.06. The van der Waals surface area contributed by atoms with E-state index in [1.165, 1.54) is 0 Å². The quantitative estimate of drug-likeness (QED) is 0.916. The Balaban J connectivity index is 2.34. The minimum Gasteiger partial charge on any atom is -0.495 e. The first-order valence-electron chi connectivity index (χ1n) is 5.10. The van der Waals surface area contributed by atoms with Crippen molar-refractivity contribution in [1.82, 2.24) is 0 Å². The summed E-state index contributed by atoms with van der Waals surface area (Å²) in [4.78, 5) is 0. The summed E-state index contributed by atoms with van der Waals surface area (Å²) in [5.74, 6) is 0.857. The highest BCUT2D eigenvalue weighted by Gasteiger charge is 2.40. The van der Waals surface area contributed by atoms with E-state index in [9.17, 15) is 5.11 Å². The predicted octanol–water partition coefficient (Wildman–Crippen LogP) is 2.83. The van der Waals surface area contributed by atoms with E-state index in [1.54, 1.807) is 7.11 Å². The van der Waals surface area contributed by atoms with Crippen LogP contribution in [0.1, 0.15) is 24.0 Å². The second-order valence-corrected chi connectivity index (χ2v) is 5.08. The highest BCUT2D eigenvalue weighted by Crippen LogP contribution is 2.42. The van der Waals surface area contributed by atoms with Crippen LogP contribution in [0.25, 0.3) is 0 Å². The van der Waals surface area contributed by atoms with E-state index in [0.29, 0.717) is 6.42 Å². The molecule has 1 aromatic carbocycles. The standard InChI is InChI=1S/C12H15BrO2/c1-8-3-4-9(7-12(14)5-6-12)11(15-2)10(8)13/h3-4,14H,5-7H2,1-2H3. The molecule has 0 unspecified atom stereocenters. The SMILES string of the molecule is COc1c(CC2(O)CC2)ccc(C)c1Br. The van der Waals surface area contributed by atoms with Crippen LogP contribution < -0.4 is 4.74 Å². The van der Waals surface area contributed by atoms with Crippen LogP contribution >= 0.6 is 15.9 Å². The monoisotopic (exact) mass is 270 g/mol. The second kappa shape index (κ2) is 3.80. The molecule has 2 rings (SSSR count). The van der Waals surface area contributed by atoms with Crippen LogP contribution in [0.3, 0.4) is 0 Å². The Labute approximate surface area is 98.4 Å². The molecule has 1 saturated carbocycles. The maximum absolute atomic E-state index is 9.89. The Morgan fingerprint density at radius 2 is 2.13 bits per heavy atom. The van der Waals surface area contributed by atoms with Gasteiger partial charge in [0.1, 0.15) is 5.75 Å². The molecule has 1 aliphatic rings. The zero-order valence-corrected chi connectivity index (χ0v) is 10.6. The van der Waals surface area contributed by atoms with Crippen LogP contribution in [-0.2, 0) is 6.42 Å². The maximum atomic E-state index is 9.89. The lowest BCUT2D eigenvalue weighted by Crippen LogP contribution is -2.11. The van der Waals surface area contributed by atoms with Gasteiger partial charge in [-0.3, -0.25) is 0 Å². The lowest BCUT2D eigenvalue weighted by atomic mass is 10.0. The van der Waals surface area contributed by atoms with E-state index < -0.39 is 5.60 Å². The van der Waals surface area contributed by atoms with Gasteiger partial charge in [0.25, 0.3) is 0 Å². The van der Waals surface area contributed by atoms with E-state index in [0.717, 1.165) is 34.2 Å². The lowest BCUT2D eigenvalue weighted by molar-refractivity contribution is 0.150. The van der Waals surface area contributed by atoms with Crippen LogP contribution in [0.15, 0.2) is 16.6 Å². The van der Waals surface area contributed by atoms with Gasteiger partial charge in [0.05, 0.1) is 17.2 Å². The highest BCUT2D eigenvalue weighted by atomic mass is 79.9. The van der Waals surface area contributed by atoms with Crippen molar-refractivity contribution in [3.63, 3.8) is 0 Å². The van der Waals surface area contributed by atoms with Crippen LogP contribution in [-0.4, -0.2) is 17.8 Å². The maximum Gasteiger partial charge on any atom is 0.136 e. The molecule has 15 heavy (non-hydrogen) atoms. The van der Waals surface area contributed by atoms with Crippen LogP contribution in [0, 0.1) is 6.92 Å². The van der Waals surface area contributed by atoms with E-state index in [2.05, 4.69) is 15.9 Å². The molecular formula is C12H15BrO2. The molecule has 0 saturated heterocycles. The molecule has 0 amide bonds. The van der Waals surface area contributed by atoms with E-state index >= 15 is 0 Å². The Kier molecular flexibility index (Phi) is 2.77. The average Bonchev–Trinajstić information content (AvgIpc) is 2.91. The van der Waals surface area contributed by atoms with Gasteiger partial charge in [-0.15, -0.1) is 0 Å². The number of hydrogen-bond donors (Lipinski definition) is 1. The zero-order valence-electron chi connectivity index (χ0n) is 9.01. The first-order valence-corrected chi connectivity index (χ1v) is 5.89. The Hall–Kier alpha value is -0.540. The number of rotatable bonds is 3. The summed E-state index contributed by atoms with van der Waals surface area (Å²) in [5, 5.41) is 9.89. The molecule has 0 atom stereocenters. The second-order valence-electron chi connectivity index (χ2n) is 4.29. The van der Waals surface area contributed by atoms with Crippen LogP contribution in [0.2, 0.25) is 0 Å². The lowest BCUT2D eigenvalue weighted by Gasteiger charge is -2.14. The third-order valence-corrected chi connectivity index (χ3v) is 3.91. The van der Waals surface area contributed by atoms with Gasteiger partial charge in [-0.05, 0) is 46.8 Å².